The maximum Gasteiger partial charge on any atom is 0.340 e. The number of fused-ring (bicyclic) bond motifs is 1. The lowest BCUT2D eigenvalue weighted by molar-refractivity contribution is 0.0603. The zero-order chi connectivity index (χ0) is 12.6. The van der Waals surface area contributed by atoms with Gasteiger partial charge in [0.15, 0.2) is 0 Å². The molecule has 0 aliphatic carbocycles. The lowest BCUT2D eigenvalue weighted by atomic mass is 10.2. The summed E-state index contributed by atoms with van der Waals surface area (Å²) in [6.07, 6.45) is -2.66. The van der Waals surface area contributed by atoms with Gasteiger partial charge in [-0.3, -0.25) is 0 Å². The summed E-state index contributed by atoms with van der Waals surface area (Å²) >= 11 is 6.67. The number of alkyl halides is 2. The Bertz CT molecular complexity index is 585. The highest BCUT2D eigenvalue weighted by Gasteiger charge is 2.20. The topological polar surface area (TPSA) is 39.2 Å². The summed E-state index contributed by atoms with van der Waals surface area (Å²) < 4.78 is 30.3. The number of esters is 1. The van der Waals surface area contributed by atoms with Crippen molar-refractivity contribution in [1.82, 2.24) is 4.98 Å². The SMILES string of the molecule is COC(=O)c1csc2c(C(F)F)cc(Cl)nc12. The number of pyridine rings is 1. The number of rotatable bonds is 2. The third-order valence-corrected chi connectivity index (χ3v) is 3.37. The van der Waals surface area contributed by atoms with E-state index in [0.717, 1.165) is 17.4 Å². The highest BCUT2D eigenvalue weighted by molar-refractivity contribution is 7.17. The maximum atomic E-state index is 12.8. The Kier molecular flexibility index (Phi) is 3.26. The van der Waals surface area contributed by atoms with E-state index in [1.165, 1.54) is 12.5 Å². The minimum atomic E-state index is -2.66. The quantitative estimate of drug-likeness (QED) is 0.621. The molecule has 0 atom stereocenters. The van der Waals surface area contributed by atoms with Crippen LogP contribution in [0.2, 0.25) is 5.15 Å². The highest BCUT2D eigenvalue weighted by Crippen LogP contribution is 2.35. The largest absolute Gasteiger partial charge is 0.465 e. The molecule has 0 amide bonds. The standard InChI is InChI=1S/C10H6ClF2NO2S/c1-16-10(15)5-3-17-8-4(9(12)13)2-6(11)14-7(5)8/h2-3,9H,1H3. The number of thiophene rings is 1. The van der Waals surface area contributed by atoms with Crippen molar-refractivity contribution in [2.45, 2.75) is 6.43 Å². The molecule has 0 N–H and O–H groups in total. The van der Waals surface area contributed by atoms with E-state index in [4.69, 9.17) is 11.6 Å². The fourth-order valence-corrected chi connectivity index (χ4v) is 2.61. The molecule has 90 valence electrons. The summed E-state index contributed by atoms with van der Waals surface area (Å²) in [5, 5.41) is 1.36. The van der Waals surface area contributed by atoms with Crippen molar-refractivity contribution in [3.63, 3.8) is 0 Å². The van der Waals surface area contributed by atoms with Gasteiger partial charge in [-0.15, -0.1) is 11.3 Å². The number of hydrogen-bond donors (Lipinski definition) is 0. The molecular weight excluding hydrogens is 272 g/mol. The zero-order valence-corrected chi connectivity index (χ0v) is 10.1. The van der Waals surface area contributed by atoms with Crippen molar-refractivity contribution in [3.05, 3.63) is 27.7 Å². The molecular formula is C10H6ClF2NO2S. The van der Waals surface area contributed by atoms with E-state index in [2.05, 4.69) is 9.72 Å². The first-order valence-corrected chi connectivity index (χ1v) is 5.74. The molecule has 2 heterocycles. The second kappa shape index (κ2) is 4.54. The van der Waals surface area contributed by atoms with Crippen LogP contribution in [0.4, 0.5) is 8.78 Å². The Morgan fingerprint density at radius 3 is 2.88 bits per heavy atom. The van der Waals surface area contributed by atoms with E-state index in [9.17, 15) is 13.6 Å². The molecule has 2 aromatic heterocycles. The van der Waals surface area contributed by atoms with Gasteiger partial charge in [0.25, 0.3) is 6.43 Å². The van der Waals surface area contributed by atoms with Crippen LogP contribution in [0.25, 0.3) is 10.2 Å². The van der Waals surface area contributed by atoms with Gasteiger partial charge < -0.3 is 4.74 Å². The number of carbonyl (C=O) groups excluding carboxylic acids is 1. The maximum absolute atomic E-state index is 12.8. The molecule has 0 aliphatic rings. The third kappa shape index (κ3) is 2.10. The normalized spacial score (nSPS) is 11.1. The van der Waals surface area contributed by atoms with E-state index in [0.29, 0.717) is 0 Å². The number of halogens is 3. The molecule has 2 aromatic rings. The van der Waals surface area contributed by atoms with Crippen LogP contribution in [-0.2, 0) is 4.74 Å². The van der Waals surface area contributed by atoms with Crippen molar-refractivity contribution in [1.29, 1.82) is 0 Å². The Morgan fingerprint density at radius 2 is 2.29 bits per heavy atom. The van der Waals surface area contributed by atoms with Gasteiger partial charge in [0.2, 0.25) is 0 Å². The van der Waals surface area contributed by atoms with Gasteiger partial charge >= 0.3 is 5.97 Å². The van der Waals surface area contributed by atoms with Crippen molar-refractivity contribution >= 4 is 39.1 Å². The van der Waals surface area contributed by atoms with Crippen LogP contribution >= 0.6 is 22.9 Å². The highest BCUT2D eigenvalue weighted by atomic mass is 35.5. The summed E-state index contributed by atoms with van der Waals surface area (Å²) in [6, 6.07) is 1.10. The van der Waals surface area contributed by atoms with E-state index in [1.54, 1.807) is 0 Å². The van der Waals surface area contributed by atoms with Crippen LogP contribution in [-0.4, -0.2) is 18.1 Å². The molecule has 0 spiro atoms. The van der Waals surface area contributed by atoms with Gasteiger partial charge in [0.1, 0.15) is 5.15 Å². The molecule has 0 fully saturated rings. The molecule has 17 heavy (non-hydrogen) atoms. The van der Waals surface area contributed by atoms with Crippen LogP contribution in [0.5, 0.6) is 0 Å². The molecule has 0 aromatic carbocycles. The summed E-state index contributed by atoms with van der Waals surface area (Å²) in [6.45, 7) is 0. The van der Waals surface area contributed by atoms with Crippen molar-refractivity contribution in [2.24, 2.45) is 0 Å². The summed E-state index contributed by atoms with van der Waals surface area (Å²) in [7, 11) is 1.21. The van der Waals surface area contributed by atoms with Crippen molar-refractivity contribution in [3.8, 4) is 0 Å². The number of methoxy groups -OCH3 is 1. The number of hydrogen-bond acceptors (Lipinski definition) is 4. The van der Waals surface area contributed by atoms with Gasteiger partial charge in [0, 0.05) is 10.9 Å². The minimum Gasteiger partial charge on any atom is -0.465 e. The Morgan fingerprint density at radius 1 is 1.59 bits per heavy atom. The van der Waals surface area contributed by atoms with E-state index in [-0.39, 0.29) is 26.5 Å². The van der Waals surface area contributed by atoms with Crippen LogP contribution in [0.1, 0.15) is 22.3 Å². The molecule has 3 nitrogen and oxygen atoms in total. The lowest BCUT2D eigenvalue weighted by Crippen LogP contribution is -2.00. The smallest absolute Gasteiger partial charge is 0.340 e. The number of ether oxygens (including phenoxy) is 1. The predicted molar refractivity (Wildman–Crippen MR) is 60.9 cm³/mol. The second-order valence-electron chi connectivity index (χ2n) is 3.15. The molecule has 0 aliphatic heterocycles. The van der Waals surface area contributed by atoms with Crippen LogP contribution in [0.15, 0.2) is 11.4 Å². The molecule has 2 rings (SSSR count). The van der Waals surface area contributed by atoms with Gasteiger partial charge in [-0.05, 0) is 6.07 Å². The number of carbonyl (C=O) groups is 1. The summed E-state index contributed by atoms with van der Waals surface area (Å²) in [4.78, 5) is 15.3. The summed E-state index contributed by atoms with van der Waals surface area (Å²) in [5.74, 6) is -0.619. The van der Waals surface area contributed by atoms with Gasteiger partial charge in [0.05, 0.1) is 22.9 Å². The van der Waals surface area contributed by atoms with E-state index in [1.807, 2.05) is 0 Å². The van der Waals surface area contributed by atoms with E-state index >= 15 is 0 Å². The van der Waals surface area contributed by atoms with E-state index < -0.39 is 12.4 Å². The van der Waals surface area contributed by atoms with Gasteiger partial charge in [-0.1, -0.05) is 11.6 Å². The molecule has 7 heteroatoms. The first kappa shape index (κ1) is 12.2. The Labute approximate surface area is 104 Å². The third-order valence-electron chi connectivity index (χ3n) is 2.16. The fraction of sp³-hybridized carbons (Fsp3) is 0.200. The monoisotopic (exact) mass is 277 g/mol. The molecule has 0 bridgehead atoms. The average molecular weight is 278 g/mol. The Balaban J connectivity index is 2.73. The first-order valence-electron chi connectivity index (χ1n) is 4.48. The molecule has 0 unspecified atom stereocenters. The Hall–Kier alpha value is -1.27. The first-order chi connectivity index (χ1) is 8.04. The van der Waals surface area contributed by atoms with Crippen molar-refractivity contribution in [2.75, 3.05) is 7.11 Å². The molecule has 0 radical (unpaired) electrons. The van der Waals surface area contributed by atoms with Crippen LogP contribution < -0.4 is 0 Å². The summed E-state index contributed by atoms with van der Waals surface area (Å²) in [5.41, 5.74) is 0.0849. The predicted octanol–water partition coefficient (Wildman–Crippen LogP) is 3.67. The van der Waals surface area contributed by atoms with Crippen LogP contribution in [0, 0.1) is 0 Å². The fourth-order valence-electron chi connectivity index (χ4n) is 1.42. The number of aromatic nitrogens is 1. The lowest BCUT2D eigenvalue weighted by Gasteiger charge is -2.02. The second-order valence-corrected chi connectivity index (χ2v) is 4.42. The molecule has 0 saturated heterocycles. The average Bonchev–Trinajstić information content (AvgIpc) is 2.70. The van der Waals surface area contributed by atoms with Crippen molar-refractivity contribution < 1.29 is 18.3 Å². The zero-order valence-electron chi connectivity index (χ0n) is 8.54. The molecule has 0 saturated carbocycles. The van der Waals surface area contributed by atoms with Gasteiger partial charge in [-0.2, -0.15) is 0 Å². The van der Waals surface area contributed by atoms with Gasteiger partial charge in [-0.25, -0.2) is 18.6 Å². The minimum absolute atomic E-state index is 0.0728. The van der Waals surface area contributed by atoms with Crippen LogP contribution in [0.3, 0.4) is 0 Å². The number of nitrogens with zero attached hydrogens (tertiary/aromatic N) is 1.